The third kappa shape index (κ3) is 2.20. The quantitative estimate of drug-likeness (QED) is 0.784. The number of methoxy groups -OCH3 is 1. The van der Waals surface area contributed by atoms with Crippen molar-refractivity contribution in [3.05, 3.63) is 28.8 Å². The Morgan fingerprint density at radius 2 is 1.93 bits per heavy atom. The maximum atomic E-state index is 5.88. The molecule has 0 aromatic heterocycles. The Hall–Kier alpha value is -0.730. The normalized spacial score (nSPS) is 12.6. The minimum Gasteiger partial charge on any atom is -0.496 e. The molecule has 1 aromatic rings. The molecule has 1 rings (SSSR count). The molecule has 2 nitrogen and oxygen atoms in total. The molecule has 0 fully saturated rings. The van der Waals surface area contributed by atoms with Crippen molar-refractivity contribution < 1.29 is 4.74 Å². The Balaban J connectivity index is 3.19. The van der Waals surface area contributed by atoms with Gasteiger partial charge in [0.05, 0.1) is 7.11 Å². The zero-order valence-corrected chi connectivity index (χ0v) is 9.56. The minimum absolute atomic E-state index is 0.161. The Morgan fingerprint density at radius 1 is 1.36 bits per heavy atom. The molecule has 0 heterocycles. The highest BCUT2D eigenvalue weighted by molar-refractivity contribution is 6.18. The molecule has 1 atom stereocenters. The number of halogens is 1. The molecule has 14 heavy (non-hydrogen) atoms. The van der Waals surface area contributed by atoms with Crippen LogP contribution in [0.2, 0.25) is 0 Å². The first-order valence-electron chi connectivity index (χ1n) is 4.56. The number of hydrogen-bond acceptors (Lipinski definition) is 2. The van der Waals surface area contributed by atoms with Crippen molar-refractivity contribution in [1.29, 1.82) is 0 Å². The Bertz CT molecular complexity index is 325. The van der Waals surface area contributed by atoms with Gasteiger partial charge in [0.15, 0.2) is 0 Å². The lowest BCUT2D eigenvalue weighted by atomic mass is 10.0. The number of nitrogens with two attached hydrogens (primary N) is 1. The van der Waals surface area contributed by atoms with Crippen molar-refractivity contribution in [2.24, 2.45) is 5.73 Å². The lowest BCUT2D eigenvalue weighted by Crippen LogP contribution is -2.13. The van der Waals surface area contributed by atoms with E-state index in [1.165, 1.54) is 11.1 Å². The van der Waals surface area contributed by atoms with E-state index in [9.17, 15) is 0 Å². The summed E-state index contributed by atoms with van der Waals surface area (Å²) < 4.78 is 5.27. The molecule has 0 aliphatic heterocycles. The van der Waals surface area contributed by atoms with Crippen molar-refractivity contribution in [1.82, 2.24) is 0 Å². The molecule has 3 heteroatoms. The summed E-state index contributed by atoms with van der Waals surface area (Å²) in [6.45, 7) is 4.10. The molecule has 0 aliphatic rings. The topological polar surface area (TPSA) is 35.2 Å². The van der Waals surface area contributed by atoms with Crippen molar-refractivity contribution in [2.75, 3.05) is 13.0 Å². The first kappa shape index (κ1) is 11.3. The molecule has 0 spiro atoms. The second-order valence-electron chi connectivity index (χ2n) is 3.44. The van der Waals surface area contributed by atoms with Gasteiger partial charge in [-0.25, -0.2) is 0 Å². The monoisotopic (exact) mass is 213 g/mol. The second-order valence-corrected chi connectivity index (χ2v) is 3.75. The van der Waals surface area contributed by atoms with Crippen LogP contribution >= 0.6 is 11.6 Å². The van der Waals surface area contributed by atoms with Crippen LogP contribution < -0.4 is 10.5 Å². The van der Waals surface area contributed by atoms with Crippen molar-refractivity contribution >= 4 is 11.6 Å². The molecule has 0 saturated carbocycles. The fourth-order valence-electron chi connectivity index (χ4n) is 1.36. The molecule has 1 unspecified atom stereocenters. The molecule has 0 amide bonds. The summed E-state index contributed by atoms with van der Waals surface area (Å²) in [6, 6.07) is 3.88. The summed E-state index contributed by atoms with van der Waals surface area (Å²) in [5.74, 6) is 1.22. The lowest BCUT2D eigenvalue weighted by molar-refractivity contribution is 0.406. The predicted molar refractivity (Wildman–Crippen MR) is 60.1 cm³/mol. The second kappa shape index (κ2) is 4.67. The number of benzene rings is 1. The average molecular weight is 214 g/mol. The first-order chi connectivity index (χ1) is 6.60. The van der Waals surface area contributed by atoms with E-state index < -0.39 is 0 Å². The van der Waals surface area contributed by atoms with Gasteiger partial charge in [-0.3, -0.25) is 0 Å². The highest BCUT2D eigenvalue weighted by atomic mass is 35.5. The van der Waals surface area contributed by atoms with E-state index in [1.54, 1.807) is 7.11 Å². The van der Waals surface area contributed by atoms with Crippen molar-refractivity contribution in [2.45, 2.75) is 19.9 Å². The summed E-state index contributed by atoms with van der Waals surface area (Å²) >= 11 is 5.73. The summed E-state index contributed by atoms with van der Waals surface area (Å²) in [5.41, 5.74) is 9.27. The van der Waals surface area contributed by atoms with E-state index in [1.807, 2.05) is 19.1 Å². The van der Waals surface area contributed by atoms with E-state index in [0.29, 0.717) is 5.88 Å². The average Bonchev–Trinajstić information content (AvgIpc) is 2.20. The zero-order chi connectivity index (χ0) is 10.7. The number of ether oxygens (including phenoxy) is 1. The highest BCUT2D eigenvalue weighted by Crippen LogP contribution is 2.27. The summed E-state index contributed by atoms with van der Waals surface area (Å²) in [7, 11) is 1.65. The molecule has 0 saturated heterocycles. The van der Waals surface area contributed by atoms with E-state index in [2.05, 4.69) is 6.92 Å². The van der Waals surface area contributed by atoms with Gasteiger partial charge in [0.1, 0.15) is 5.75 Å². The van der Waals surface area contributed by atoms with E-state index >= 15 is 0 Å². The molecular formula is C11H16ClNO. The number of rotatable bonds is 3. The summed E-state index contributed by atoms with van der Waals surface area (Å²) in [6.07, 6.45) is 0. The third-order valence-electron chi connectivity index (χ3n) is 2.41. The number of alkyl halides is 1. The smallest absolute Gasteiger partial charge is 0.123 e. The van der Waals surface area contributed by atoms with E-state index in [4.69, 9.17) is 22.1 Å². The fourth-order valence-corrected chi connectivity index (χ4v) is 1.53. The maximum absolute atomic E-state index is 5.88. The Labute approximate surface area is 90.0 Å². The fraction of sp³-hybridized carbons (Fsp3) is 0.455. The van der Waals surface area contributed by atoms with Gasteiger partial charge in [-0.2, -0.15) is 0 Å². The highest BCUT2D eigenvalue weighted by Gasteiger charge is 2.12. The van der Waals surface area contributed by atoms with Crippen LogP contribution in [0.5, 0.6) is 5.75 Å². The Morgan fingerprint density at radius 3 is 2.43 bits per heavy atom. The standard InChI is InChI=1S/C11H16ClNO/c1-7-4-9(10(13)6-12)11(14-3)5-8(7)2/h4-5,10H,6,13H2,1-3H3. The van der Waals surface area contributed by atoms with Crippen molar-refractivity contribution in [3.8, 4) is 5.75 Å². The molecular weight excluding hydrogens is 198 g/mol. The van der Waals surface area contributed by atoms with Gasteiger partial charge in [-0.05, 0) is 31.0 Å². The molecule has 78 valence electrons. The van der Waals surface area contributed by atoms with Gasteiger partial charge in [0, 0.05) is 17.5 Å². The lowest BCUT2D eigenvalue weighted by Gasteiger charge is -2.15. The number of aryl methyl sites for hydroxylation is 2. The van der Waals surface area contributed by atoms with Crippen LogP contribution in [-0.4, -0.2) is 13.0 Å². The molecule has 0 radical (unpaired) electrons. The van der Waals surface area contributed by atoms with Crippen LogP contribution in [0.15, 0.2) is 12.1 Å². The first-order valence-corrected chi connectivity index (χ1v) is 5.10. The van der Waals surface area contributed by atoms with Crippen molar-refractivity contribution in [3.63, 3.8) is 0 Å². The summed E-state index contributed by atoms with van der Waals surface area (Å²) in [4.78, 5) is 0. The van der Waals surface area contributed by atoms with Crippen LogP contribution in [0.4, 0.5) is 0 Å². The zero-order valence-electron chi connectivity index (χ0n) is 8.80. The van der Waals surface area contributed by atoms with Crippen LogP contribution in [0, 0.1) is 13.8 Å². The minimum atomic E-state index is -0.161. The molecule has 1 aromatic carbocycles. The number of hydrogen-bond donors (Lipinski definition) is 1. The maximum Gasteiger partial charge on any atom is 0.123 e. The van der Waals surface area contributed by atoms with Gasteiger partial charge < -0.3 is 10.5 Å². The molecule has 0 aliphatic carbocycles. The van der Waals surface area contributed by atoms with Gasteiger partial charge in [-0.1, -0.05) is 6.07 Å². The predicted octanol–water partition coefficient (Wildman–Crippen LogP) is 2.55. The third-order valence-corrected chi connectivity index (χ3v) is 2.74. The molecule has 2 N–H and O–H groups in total. The van der Waals surface area contributed by atoms with Gasteiger partial charge in [0.25, 0.3) is 0 Å². The van der Waals surface area contributed by atoms with E-state index in [-0.39, 0.29) is 6.04 Å². The van der Waals surface area contributed by atoms with Crippen LogP contribution in [0.1, 0.15) is 22.7 Å². The summed E-state index contributed by atoms with van der Waals surface area (Å²) in [5, 5.41) is 0. The van der Waals surface area contributed by atoms with Gasteiger partial charge in [0.2, 0.25) is 0 Å². The van der Waals surface area contributed by atoms with E-state index in [0.717, 1.165) is 11.3 Å². The largest absolute Gasteiger partial charge is 0.496 e. The molecule has 0 bridgehead atoms. The van der Waals surface area contributed by atoms with Gasteiger partial charge in [-0.15, -0.1) is 11.6 Å². The van der Waals surface area contributed by atoms with Crippen LogP contribution in [-0.2, 0) is 0 Å². The van der Waals surface area contributed by atoms with Crippen LogP contribution in [0.25, 0.3) is 0 Å². The van der Waals surface area contributed by atoms with Gasteiger partial charge >= 0.3 is 0 Å². The Kier molecular flexibility index (Phi) is 3.78. The van der Waals surface area contributed by atoms with Crippen LogP contribution in [0.3, 0.4) is 0 Å². The SMILES string of the molecule is COc1cc(C)c(C)cc1C(N)CCl.